The number of carbonyl (C=O) groups is 2. The van der Waals surface area contributed by atoms with E-state index >= 15 is 0 Å². The van der Waals surface area contributed by atoms with Crippen molar-refractivity contribution in [2.75, 3.05) is 31.5 Å². The highest BCUT2D eigenvalue weighted by Crippen LogP contribution is 2.22. The molecule has 1 atom stereocenters. The van der Waals surface area contributed by atoms with Gasteiger partial charge in [0, 0.05) is 38.7 Å². The molecule has 0 saturated carbocycles. The molecule has 0 aliphatic carbocycles. The maximum absolute atomic E-state index is 12.2. The number of hydrogen-bond donors (Lipinski definition) is 2. The number of anilines is 1. The van der Waals surface area contributed by atoms with E-state index < -0.39 is 4.92 Å². The molecule has 8 heteroatoms. The first-order chi connectivity index (χ1) is 11.9. The lowest BCUT2D eigenvalue weighted by Gasteiger charge is -2.18. The summed E-state index contributed by atoms with van der Waals surface area (Å²) in [7, 11) is 0. The number of rotatable bonds is 8. The van der Waals surface area contributed by atoms with E-state index in [0.29, 0.717) is 37.8 Å². The quantitative estimate of drug-likeness (QED) is 0.422. The fourth-order valence-electron chi connectivity index (χ4n) is 2.87. The minimum atomic E-state index is -0.450. The first-order valence-electron chi connectivity index (χ1n) is 8.41. The lowest BCUT2D eigenvalue weighted by atomic mass is 10.1. The first kappa shape index (κ1) is 18.7. The molecule has 0 bridgehead atoms. The van der Waals surface area contributed by atoms with Crippen molar-refractivity contribution in [2.45, 2.75) is 20.3 Å². The smallest absolute Gasteiger partial charge is 0.292 e. The molecule has 1 aromatic carbocycles. The zero-order valence-corrected chi connectivity index (χ0v) is 14.5. The maximum atomic E-state index is 12.2. The van der Waals surface area contributed by atoms with Crippen LogP contribution in [0.1, 0.15) is 20.3 Å². The molecule has 136 valence electrons. The van der Waals surface area contributed by atoms with Crippen LogP contribution in [0.25, 0.3) is 0 Å². The third kappa shape index (κ3) is 5.17. The third-order valence-corrected chi connectivity index (χ3v) is 4.01. The topological polar surface area (TPSA) is 105 Å². The van der Waals surface area contributed by atoms with Crippen molar-refractivity contribution in [1.82, 2.24) is 10.2 Å². The summed E-state index contributed by atoms with van der Waals surface area (Å²) in [5.74, 6) is -0.0789. The molecule has 0 spiro atoms. The van der Waals surface area contributed by atoms with Crippen LogP contribution < -0.4 is 10.6 Å². The molecule has 8 nitrogen and oxygen atoms in total. The van der Waals surface area contributed by atoms with E-state index in [1.807, 2.05) is 13.8 Å². The molecule has 1 aromatic rings. The van der Waals surface area contributed by atoms with Crippen molar-refractivity contribution in [3.8, 4) is 0 Å². The standard InChI is InChI=1S/C17H24N4O4/c1-12(2)10-20-11-13(9-16(20)22)17(23)19-8-7-18-14-5-3-4-6-15(14)21(24)25/h3-6,12-13,18H,7-11H2,1-2H3,(H,19,23). The fraction of sp³-hybridized carbons (Fsp3) is 0.529. The number of likely N-dealkylation sites (tertiary alicyclic amines) is 1. The van der Waals surface area contributed by atoms with Crippen molar-refractivity contribution in [3.05, 3.63) is 34.4 Å². The van der Waals surface area contributed by atoms with Gasteiger partial charge >= 0.3 is 0 Å². The Morgan fingerprint density at radius 1 is 1.36 bits per heavy atom. The molecule has 1 heterocycles. The van der Waals surface area contributed by atoms with Crippen LogP contribution in [0.15, 0.2) is 24.3 Å². The second-order valence-corrected chi connectivity index (χ2v) is 6.59. The Balaban J connectivity index is 1.76. The molecule has 2 N–H and O–H groups in total. The summed E-state index contributed by atoms with van der Waals surface area (Å²) < 4.78 is 0. The Morgan fingerprint density at radius 3 is 2.76 bits per heavy atom. The fourth-order valence-corrected chi connectivity index (χ4v) is 2.87. The molecule has 1 fully saturated rings. The monoisotopic (exact) mass is 348 g/mol. The highest BCUT2D eigenvalue weighted by Gasteiger charge is 2.34. The van der Waals surface area contributed by atoms with E-state index in [-0.39, 0.29) is 29.8 Å². The summed E-state index contributed by atoms with van der Waals surface area (Å²) in [5.41, 5.74) is 0.417. The van der Waals surface area contributed by atoms with Gasteiger partial charge in [-0.2, -0.15) is 0 Å². The highest BCUT2D eigenvalue weighted by atomic mass is 16.6. The summed E-state index contributed by atoms with van der Waals surface area (Å²) in [5, 5.41) is 16.7. The predicted octanol–water partition coefficient (Wildman–Crippen LogP) is 1.63. The number of benzene rings is 1. The molecular weight excluding hydrogens is 324 g/mol. The van der Waals surface area contributed by atoms with Gasteiger partial charge in [-0.05, 0) is 12.0 Å². The number of nitro groups is 1. The average Bonchev–Trinajstić information content (AvgIpc) is 2.92. The Morgan fingerprint density at radius 2 is 2.08 bits per heavy atom. The van der Waals surface area contributed by atoms with Crippen LogP contribution in [-0.2, 0) is 9.59 Å². The number of amides is 2. The summed E-state index contributed by atoms with van der Waals surface area (Å²) in [6, 6.07) is 6.36. The number of carbonyl (C=O) groups excluding carboxylic acids is 2. The second kappa shape index (κ2) is 8.46. The van der Waals surface area contributed by atoms with Crippen LogP contribution in [0.3, 0.4) is 0 Å². The van der Waals surface area contributed by atoms with Gasteiger partial charge in [-0.15, -0.1) is 0 Å². The van der Waals surface area contributed by atoms with E-state index in [1.54, 1.807) is 23.1 Å². The molecule has 1 unspecified atom stereocenters. The molecule has 1 aliphatic heterocycles. The molecule has 0 radical (unpaired) electrons. The molecular formula is C17H24N4O4. The molecule has 1 aliphatic rings. The maximum Gasteiger partial charge on any atom is 0.292 e. The van der Waals surface area contributed by atoms with E-state index in [0.717, 1.165) is 0 Å². The minimum absolute atomic E-state index is 0.000423. The van der Waals surface area contributed by atoms with E-state index in [9.17, 15) is 19.7 Å². The SMILES string of the molecule is CC(C)CN1CC(C(=O)NCCNc2ccccc2[N+](=O)[O-])CC1=O. The molecule has 2 amide bonds. The van der Waals surface area contributed by atoms with Crippen LogP contribution in [-0.4, -0.2) is 47.8 Å². The van der Waals surface area contributed by atoms with Crippen molar-refractivity contribution >= 4 is 23.2 Å². The zero-order valence-electron chi connectivity index (χ0n) is 14.5. The van der Waals surface area contributed by atoms with E-state index in [4.69, 9.17) is 0 Å². The Bertz CT molecular complexity index is 647. The molecule has 1 saturated heterocycles. The van der Waals surface area contributed by atoms with Crippen LogP contribution in [0.2, 0.25) is 0 Å². The van der Waals surface area contributed by atoms with E-state index in [2.05, 4.69) is 10.6 Å². The van der Waals surface area contributed by atoms with Gasteiger partial charge in [-0.1, -0.05) is 26.0 Å². The van der Waals surface area contributed by atoms with Crippen molar-refractivity contribution in [3.63, 3.8) is 0 Å². The van der Waals surface area contributed by atoms with Crippen molar-refractivity contribution in [2.24, 2.45) is 11.8 Å². The van der Waals surface area contributed by atoms with Gasteiger partial charge in [0.1, 0.15) is 5.69 Å². The second-order valence-electron chi connectivity index (χ2n) is 6.59. The van der Waals surface area contributed by atoms with Crippen LogP contribution in [0.5, 0.6) is 0 Å². The normalized spacial score (nSPS) is 17.0. The number of hydrogen-bond acceptors (Lipinski definition) is 5. The van der Waals surface area contributed by atoms with Gasteiger partial charge in [0.15, 0.2) is 0 Å². The minimum Gasteiger partial charge on any atom is -0.378 e. The molecule has 25 heavy (non-hydrogen) atoms. The van der Waals surface area contributed by atoms with Gasteiger partial charge < -0.3 is 15.5 Å². The van der Waals surface area contributed by atoms with Gasteiger partial charge in [0.2, 0.25) is 11.8 Å². The van der Waals surface area contributed by atoms with E-state index in [1.165, 1.54) is 6.07 Å². The predicted molar refractivity (Wildman–Crippen MR) is 94.1 cm³/mol. The summed E-state index contributed by atoms with van der Waals surface area (Å²) in [4.78, 5) is 36.3. The number of nitrogens with zero attached hydrogens (tertiary/aromatic N) is 2. The largest absolute Gasteiger partial charge is 0.378 e. The van der Waals surface area contributed by atoms with Gasteiger partial charge in [-0.25, -0.2) is 0 Å². The summed E-state index contributed by atoms with van der Waals surface area (Å²) in [6.45, 7) is 5.90. The Hall–Kier alpha value is -2.64. The van der Waals surface area contributed by atoms with Crippen LogP contribution in [0, 0.1) is 22.0 Å². The Kier molecular flexibility index (Phi) is 6.32. The van der Waals surface area contributed by atoms with Crippen molar-refractivity contribution in [1.29, 1.82) is 0 Å². The Labute approximate surface area is 146 Å². The van der Waals surface area contributed by atoms with Crippen molar-refractivity contribution < 1.29 is 14.5 Å². The molecule has 0 aromatic heterocycles. The molecule has 2 rings (SSSR count). The van der Waals surface area contributed by atoms with Crippen LogP contribution in [0.4, 0.5) is 11.4 Å². The summed E-state index contributed by atoms with van der Waals surface area (Å²) in [6.07, 6.45) is 0.246. The zero-order chi connectivity index (χ0) is 18.4. The average molecular weight is 348 g/mol. The third-order valence-electron chi connectivity index (χ3n) is 4.01. The van der Waals surface area contributed by atoms with Crippen LogP contribution >= 0.6 is 0 Å². The lowest BCUT2D eigenvalue weighted by Crippen LogP contribution is -2.36. The highest BCUT2D eigenvalue weighted by molar-refractivity contribution is 5.89. The van der Waals surface area contributed by atoms with Gasteiger partial charge in [-0.3, -0.25) is 19.7 Å². The number of nitro benzene ring substituents is 1. The van der Waals surface area contributed by atoms with Gasteiger partial charge in [0.05, 0.1) is 10.8 Å². The summed E-state index contributed by atoms with van der Waals surface area (Å²) >= 11 is 0. The number of nitrogens with one attached hydrogen (secondary N) is 2. The first-order valence-corrected chi connectivity index (χ1v) is 8.41. The van der Waals surface area contributed by atoms with Gasteiger partial charge in [0.25, 0.3) is 5.69 Å². The lowest BCUT2D eigenvalue weighted by molar-refractivity contribution is -0.384. The number of para-hydroxylation sites is 2.